The van der Waals surface area contributed by atoms with E-state index >= 15 is 0 Å². The van der Waals surface area contributed by atoms with Crippen LogP contribution in [0.5, 0.6) is 0 Å². The van der Waals surface area contributed by atoms with Gasteiger partial charge in [0.2, 0.25) is 0 Å². The van der Waals surface area contributed by atoms with Gasteiger partial charge in [0.05, 0.1) is 10.7 Å². The van der Waals surface area contributed by atoms with Crippen molar-refractivity contribution < 1.29 is 9.53 Å². The van der Waals surface area contributed by atoms with E-state index in [1.54, 1.807) is 0 Å². The third kappa shape index (κ3) is 7.60. The maximum absolute atomic E-state index is 11.8. The monoisotopic (exact) mass is 340 g/mol. The second-order valence-electron chi connectivity index (χ2n) is 7.25. The first-order valence-corrected chi connectivity index (χ1v) is 8.43. The van der Waals surface area contributed by atoms with E-state index in [-0.39, 0.29) is 12.0 Å². The van der Waals surface area contributed by atoms with Gasteiger partial charge in [-0.1, -0.05) is 31.5 Å². The van der Waals surface area contributed by atoms with Crippen molar-refractivity contribution in [2.45, 2.75) is 47.1 Å². The number of amides is 1. The van der Waals surface area contributed by atoms with Crippen LogP contribution < -0.4 is 10.6 Å². The van der Waals surface area contributed by atoms with Crippen LogP contribution in [0.3, 0.4) is 0 Å². The zero-order valence-electron chi connectivity index (χ0n) is 15.0. The number of carbonyl (C=O) groups excluding carboxylic acids is 1. The molecule has 0 radical (unpaired) electrons. The molecule has 1 rings (SSSR count). The summed E-state index contributed by atoms with van der Waals surface area (Å²) in [6.07, 6.45) is -0.378. The molecule has 1 atom stereocenters. The van der Waals surface area contributed by atoms with Gasteiger partial charge < -0.3 is 15.4 Å². The average Bonchev–Trinajstić information content (AvgIpc) is 2.38. The van der Waals surface area contributed by atoms with Gasteiger partial charge in [-0.3, -0.25) is 0 Å². The molecule has 0 aromatic heterocycles. The molecule has 2 N–H and O–H groups in total. The van der Waals surface area contributed by atoms with E-state index in [2.05, 4.69) is 24.5 Å². The zero-order chi connectivity index (χ0) is 17.6. The van der Waals surface area contributed by atoms with Crippen molar-refractivity contribution in [3.8, 4) is 0 Å². The summed E-state index contributed by atoms with van der Waals surface area (Å²) in [5.74, 6) is 0.696. The number of benzene rings is 1. The fourth-order valence-corrected chi connectivity index (χ4v) is 2.38. The van der Waals surface area contributed by atoms with E-state index in [0.29, 0.717) is 17.5 Å². The third-order valence-electron chi connectivity index (χ3n) is 3.53. The molecule has 130 valence electrons. The van der Waals surface area contributed by atoms with Crippen LogP contribution in [0.4, 0.5) is 10.5 Å². The molecule has 0 spiro atoms. The molecule has 1 unspecified atom stereocenters. The van der Waals surface area contributed by atoms with Crippen LogP contribution in [0, 0.1) is 18.8 Å². The summed E-state index contributed by atoms with van der Waals surface area (Å²) in [4.78, 5) is 11.8. The molecule has 23 heavy (non-hydrogen) atoms. The van der Waals surface area contributed by atoms with Gasteiger partial charge in [-0.2, -0.15) is 0 Å². The smallest absolute Gasteiger partial charge is 0.407 e. The Hall–Kier alpha value is -1.42. The molecule has 0 fully saturated rings. The van der Waals surface area contributed by atoms with Crippen molar-refractivity contribution >= 4 is 23.4 Å². The number of rotatable bonds is 6. The zero-order valence-corrected chi connectivity index (χ0v) is 15.8. The maximum Gasteiger partial charge on any atom is 0.407 e. The highest BCUT2D eigenvalue weighted by Crippen LogP contribution is 2.23. The Morgan fingerprint density at radius 3 is 2.43 bits per heavy atom. The number of hydrogen-bond donors (Lipinski definition) is 2. The minimum atomic E-state index is -0.481. The molecule has 1 aromatic rings. The Kier molecular flexibility index (Phi) is 7.20. The Bertz CT molecular complexity index is 524. The summed E-state index contributed by atoms with van der Waals surface area (Å²) < 4.78 is 5.27. The van der Waals surface area contributed by atoms with E-state index in [1.165, 1.54) is 0 Å². The highest BCUT2D eigenvalue weighted by atomic mass is 35.5. The van der Waals surface area contributed by atoms with Crippen LogP contribution in [-0.2, 0) is 4.74 Å². The Morgan fingerprint density at radius 1 is 1.26 bits per heavy atom. The lowest BCUT2D eigenvalue weighted by Crippen LogP contribution is -2.38. The lowest BCUT2D eigenvalue weighted by Gasteiger charge is -2.24. The molecule has 1 amide bonds. The highest BCUT2D eigenvalue weighted by Gasteiger charge is 2.19. The van der Waals surface area contributed by atoms with Gasteiger partial charge in [-0.15, -0.1) is 0 Å². The first-order chi connectivity index (χ1) is 10.6. The molecule has 4 nitrogen and oxygen atoms in total. The minimum Gasteiger partial charge on any atom is -0.444 e. The second-order valence-corrected chi connectivity index (χ2v) is 7.66. The molecule has 0 aliphatic carbocycles. The number of hydrogen-bond acceptors (Lipinski definition) is 3. The van der Waals surface area contributed by atoms with E-state index in [0.717, 1.165) is 17.8 Å². The summed E-state index contributed by atoms with van der Waals surface area (Å²) in [6, 6.07) is 5.95. The molecular weight excluding hydrogens is 312 g/mol. The molecule has 0 bridgehead atoms. The molecule has 0 heterocycles. The molecule has 0 saturated carbocycles. The molecule has 0 aliphatic heterocycles. The first kappa shape index (κ1) is 19.6. The number of alkyl carbamates (subject to hydrolysis) is 1. The normalized spacial score (nSPS) is 12.9. The van der Waals surface area contributed by atoms with Crippen molar-refractivity contribution in [1.82, 2.24) is 5.32 Å². The van der Waals surface area contributed by atoms with Gasteiger partial charge in [0.25, 0.3) is 0 Å². The molecule has 0 aliphatic rings. The molecular formula is C18H29ClN2O2. The van der Waals surface area contributed by atoms with Gasteiger partial charge in [0.15, 0.2) is 0 Å². The van der Waals surface area contributed by atoms with Gasteiger partial charge >= 0.3 is 6.09 Å². The Morgan fingerprint density at radius 2 is 1.91 bits per heavy atom. The highest BCUT2D eigenvalue weighted by molar-refractivity contribution is 6.33. The number of nitrogens with one attached hydrogen (secondary N) is 2. The predicted molar refractivity (Wildman–Crippen MR) is 97.2 cm³/mol. The van der Waals surface area contributed by atoms with Crippen LogP contribution in [0.2, 0.25) is 5.02 Å². The largest absolute Gasteiger partial charge is 0.444 e. The number of anilines is 1. The van der Waals surface area contributed by atoms with Crippen molar-refractivity contribution in [1.29, 1.82) is 0 Å². The fourth-order valence-electron chi connectivity index (χ4n) is 2.08. The lowest BCUT2D eigenvalue weighted by atomic mass is 9.95. The van der Waals surface area contributed by atoms with Crippen LogP contribution >= 0.6 is 11.6 Å². The standard InChI is InChI=1S/C18H29ClN2O2/c1-12(2)14(11-21-17(22)23-18(4,5)6)10-20-16-8-7-13(3)9-15(16)19/h7-9,12,14,20H,10-11H2,1-6H3,(H,21,22). The van der Waals surface area contributed by atoms with Crippen molar-refractivity contribution in [2.24, 2.45) is 11.8 Å². The van der Waals surface area contributed by atoms with Crippen molar-refractivity contribution in [3.05, 3.63) is 28.8 Å². The minimum absolute atomic E-state index is 0.278. The van der Waals surface area contributed by atoms with Crippen LogP contribution in [0.1, 0.15) is 40.2 Å². The van der Waals surface area contributed by atoms with Crippen molar-refractivity contribution in [2.75, 3.05) is 18.4 Å². The van der Waals surface area contributed by atoms with Gasteiger partial charge in [-0.25, -0.2) is 4.79 Å². The summed E-state index contributed by atoms with van der Waals surface area (Å²) in [5, 5.41) is 6.93. The second kappa shape index (κ2) is 8.44. The van der Waals surface area contributed by atoms with Crippen molar-refractivity contribution in [3.63, 3.8) is 0 Å². The SMILES string of the molecule is Cc1ccc(NCC(CNC(=O)OC(C)(C)C)C(C)C)c(Cl)c1. The molecule has 1 aromatic carbocycles. The van der Waals surface area contributed by atoms with E-state index < -0.39 is 5.60 Å². The average molecular weight is 341 g/mol. The summed E-state index contributed by atoms with van der Waals surface area (Å²) in [7, 11) is 0. The summed E-state index contributed by atoms with van der Waals surface area (Å²) in [5.41, 5.74) is 1.57. The quantitative estimate of drug-likeness (QED) is 0.777. The Labute approximate surface area is 144 Å². The van der Waals surface area contributed by atoms with Crippen LogP contribution in [0.25, 0.3) is 0 Å². The maximum atomic E-state index is 11.8. The summed E-state index contributed by atoms with van der Waals surface area (Å²) >= 11 is 6.24. The Balaban J connectivity index is 2.54. The van der Waals surface area contributed by atoms with Gasteiger partial charge in [-0.05, 0) is 57.2 Å². The molecule has 5 heteroatoms. The number of aryl methyl sites for hydroxylation is 1. The topological polar surface area (TPSA) is 50.4 Å². The lowest BCUT2D eigenvalue weighted by molar-refractivity contribution is 0.0516. The van der Waals surface area contributed by atoms with E-state index in [4.69, 9.17) is 16.3 Å². The van der Waals surface area contributed by atoms with Gasteiger partial charge in [0.1, 0.15) is 5.60 Å². The van der Waals surface area contributed by atoms with Crippen LogP contribution in [-0.4, -0.2) is 24.8 Å². The number of halogens is 1. The van der Waals surface area contributed by atoms with E-state index in [1.807, 2.05) is 45.9 Å². The number of ether oxygens (including phenoxy) is 1. The van der Waals surface area contributed by atoms with E-state index in [9.17, 15) is 4.79 Å². The number of carbonyl (C=O) groups is 1. The predicted octanol–water partition coefficient (Wildman–Crippen LogP) is 4.86. The fraction of sp³-hybridized carbons (Fsp3) is 0.611. The first-order valence-electron chi connectivity index (χ1n) is 8.05. The summed E-state index contributed by atoms with van der Waals surface area (Å²) in [6.45, 7) is 13.1. The van der Waals surface area contributed by atoms with Gasteiger partial charge in [0, 0.05) is 13.1 Å². The molecule has 0 saturated heterocycles. The third-order valence-corrected chi connectivity index (χ3v) is 3.84. The van der Waals surface area contributed by atoms with Crippen LogP contribution in [0.15, 0.2) is 18.2 Å².